The van der Waals surface area contributed by atoms with Crippen molar-refractivity contribution in [1.82, 2.24) is 4.90 Å². The van der Waals surface area contributed by atoms with Gasteiger partial charge < -0.3 is 0 Å². The Morgan fingerprint density at radius 1 is 1.06 bits per heavy atom. The number of halogens is 2. The van der Waals surface area contributed by atoms with E-state index in [0.717, 1.165) is 6.07 Å². The number of likely N-dealkylation sites (tertiary alicyclic amines) is 1. The molecule has 0 atom stereocenters. The molecular weight excluding hydrogens is 212 g/mol. The van der Waals surface area contributed by atoms with E-state index in [-0.39, 0.29) is 5.78 Å². The minimum atomic E-state index is -0.553. The maximum absolute atomic E-state index is 12.9. The Bertz CT molecular complexity index is 376. The Kier molecular flexibility index (Phi) is 3.29. The molecule has 0 aromatic heterocycles. The molecule has 1 saturated heterocycles. The zero-order chi connectivity index (χ0) is 11.5. The molecule has 1 heterocycles. The summed E-state index contributed by atoms with van der Waals surface area (Å²) in [5, 5.41) is 0. The topological polar surface area (TPSA) is 20.3 Å². The molecule has 1 aliphatic heterocycles. The van der Waals surface area contributed by atoms with Gasteiger partial charge >= 0.3 is 0 Å². The van der Waals surface area contributed by atoms with E-state index in [9.17, 15) is 13.6 Å². The monoisotopic (exact) mass is 225 g/mol. The first-order valence-corrected chi connectivity index (χ1v) is 5.32. The van der Waals surface area contributed by atoms with Crippen molar-refractivity contribution in [2.45, 2.75) is 19.4 Å². The third kappa shape index (κ3) is 2.85. The first-order valence-electron chi connectivity index (χ1n) is 5.32. The zero-order valence-electron chi connectivity index (χ0n) is 8.88. The van der Waals surface area contributed by atoms with Gasteiger partial charge in [-0.1, -0.05) is 0 Å². The fourth-order valence-electron chi connectivity index (χ4n) is 1.92. The lowest BCUT2D eigenvalue weighted by molar-refractivity contribution is -0.121. The van der Waals surface area contributed by atoms with Crippen LogP contribution in [0.5, 0.6) is 0 Å². The molecule has 0 N–H and O–H groups in total. The summed E-state index contributed by atoms with van der Waals surface area (Å²) in [5.41, 5.74) is 0.617. The normalized spacial score (nSPS) is 17.8. The summed E-state index contributed by atoms with van der Waals surface area (Å²) < 4.78 is 25.9. The van der Waals surface area contributed by atoms with Crippen LogP contribution in [0.15, 0.2) is 18.2 Å². The largest absolute Gasteiger partial charge is 0.300 e. The van der Waals surface area contributed by atoms with Crippen molar-refractivity contribution in [2.24, 2.45) is 0 Å². The number of hydrogen-bond donors (Lipinski definition) is 0. The number of carbonyl (C=O) groups is 1. The van der Waals surface area contributed by atoms with Gasteiger partial charge in [0.2, 0.25) is 0 Å². The first-order chi connectivity index (χ1) is 7.63. The molecule has 4 heteroatoms. The molecular formula is C12H13F2NO. The van der Waals surface area contributed by atoms with Crippen LogP contribution in [0.3, 0.4) is 0 Å². The van der Waals surface area contributed by atoms with Crippen molar-refractivity contribution in [3.8, 4) is 0 Å². The number of piperidine rings is 1. The SMILES string of the molecule is O=C1CCN(Cc2cc(F)cc(F)c2)CC1. The fraction of sp³-hybridized carbons (Fsp3) is 0.417. The summed E-state index contributed by atoms with van der Waals surface area (Å²) in [6, 6.07) is 3.53. The maximum Gasteiger partial charge on any atom is 0.135 e. The van der Waals surface area contributed by atoms with E-state index >= 15 is 0 Å². The Balaban J connectivity index is 2.00. The second-order valence-corrected chi connectivity index (χ2v) is 4.09. The summed E-state index contributed by atoms with van der Waals surface area (Å²) in [6.45, 7) is 1.86. The number of nitrogens with zero attached hydrogens (tertiary/aromatic N) is 1. The number of Topliss-reactive ketones (excluding diaryl/α,β-unsaturated/α-hetero) is 1. The number of benzene rings is 1. The van der Waals surface area contributed by atoms with E-state index in [4.69, 9.17) is 0 Å². The number of carbonyl (C=O) groups excluding carboxylic acids is 1. The van der Waals surface area contributed by atoms with Crippen LogP contribution in [0.1, 0.15) is 18.4 Å². The van der Waals surface area contributed by atoms with Gasteiger partial charge in [-0.05, 0) is 17.7 Å². The van der Waals surface area contributed by atoms with Crippen LogP contribution in [-0.2, 0) is 11.3 Å². The molecule has 1 aromatic carbocycles. The van der Waals surface area contributed by atoms with E-state index in [1.54, 1.807) is 0 Å². The van der Waals surface area contributed by atoms with Gasteiger partial charge in [0.05, 0.1) is 0 Å². The van der Waals surface area contributed by atoms with Gasteiger partial charge in [0.25, 0.3) is 0 Å². The maximum atomic E-state index is 12.9. The van der Waals surface area contributed by atoms with Gasteiger partial charge in [0.1, 0.15) is 17.4 Å². The lowest BCUT2D eigenvalue weighted by Gasteiger charge is -2.25. The highest BCUT2D eigenvalue weighted by Gasteiger charge is 2.16. The quantitative estimate of drug-likeness (QED) is 0.768. The second kappa shape index (κ2) is 4.70. The summed E-state index contributed by atoms with van der Waals surface area (Å²) in [6.07, 6.45) is 1.08. The number of hydrogen-bond acceptors (Lipinski definition) is 2. The third-order valence-electron chi connectivity index (χ3n) is 2.74. The van der Waals surface area contributed by atoms with E-state index in [1.807, 2.05) is 4.90 Å². The molecule has 0 bridgehead atoms. The highest BCUT2D eigenvalue weighted by molar-refractivity contribution is 5.79. The Labute approximate surface area is 92.9 Å². The Morgan fingerprint density at radius 3 is 2.19 bits per heavy atom. The van der Waals surface area contributed by atoms with Crippen LogP contribution in [0.25, 0.3) is 0 Å². The molecule has 0 aliphatic carbocycles. The second-order valence-electron chi connectivity index (χ2n) is 4.09. The average molecular weight is 225 g/mol. The van der Waals surface area contributed by atoms with Gasteiger partial charge in [0, 0.05) is 38.5 Å². The molecule has 86 valence electrons. The number of ketones is 1. The summed E-state index contributed by atoms with van der Waals surface area (Å²) >= 11 is 0. The fourth-order valence-corrected chi connectivity index (χ4v) is 1.92. The Morgan fingerprint density at radius 2 is 1.62 bits per heavy atom. The van der Waals surface area contributed by atoms with Crippen LogP contribution < -0.4 is 0 Å². The molecule has 16 heavy (non-hydrogen) atoms. The Hall–Kier alpha value is -1.29. The molecule has 0 amide bonds. The van der Waals surface area contributed by atoms with Crippen LogP contribution in [0.4, 0.5) is 8.78 Å². The molecule has 1 aromatic rings. The van der Waals surface area contributed by atoms with Gasteiger partial charge in [-0.25, -0.2) is 8.78 Å². The lowest BCUT2D eigenvalue weighted by Crippen LogP contribution is -2.33. The van der Waals surface area contributed by atoms with Gasteiger partial charge in [-0.2, -0.15) is 0 Å². The van der Waals surface area contributed by atoms with Crippen LogP contribution in [0, 0.1) is 11.6 Å². The number of rotatable bonds is 2. The van der Waals surface area contributed by atoms with E-state index in [0.29, 0.717) is 38.0 Å². The van der Waals surface area contributed by atoms with Gasteiger partial charge in [-0.3, -0.25) is 9.69 Å². The standard InChI is InChI=1S/C12H13F2NO/c13-10-5-9(6-11(14)7-10)8-15-3-1-12(16)2-4-15/h5-7H,1-4,8H2. The van der Waals surface area contributed by atoms with Crippen molar-refractivity contribution in [2.75, 3.05) is 13.1 Å². The minimum Gasteiger partial charge on any atom is -0.300 e. The molecule has 0 saturated carbocycles. The van der Waals surface area contributed by atoms with Crippen molar-refractivity contribution in [3.05, 3.63) is 35.4 Å². The molecule has 0 radical (unpaired) electrons. The minimum absolute atomic E-state index is 0.265. The molecule has 1 fully saturated rings. The van der Waals surface area contributed by atoms with Crippen molar-refractivity contribution in [3.63, 3.8) is 0 Å². The van der Waals surface area contributed by atoms with Crippen molar-refractivity contribution >= 4 is 5.78 Å². The van der Waals surface area contributed by atoms with Crippen LogP contribution in [-0.4, -0.2) is 23.8 Å². The highest BCUT2D eigenvalue weighted by Crippen LogP contribution is 2.13. The molecule has 0 unspecified atom stereocenters. The first kappa shape index (κ1) is 11.2. The summed E-state index contributed by atoms with van der Waals surface area (Å²) in [4.78, 5) is 13.1. The van der Waals surface area contributed by atoms with Crippen molar-refractivity contribution < 1.29 is 13.6 Å². The average Bonchev–Trinajstić information content (AvgIpc) is 2.20. The van der Waals surface area contributed by atoms with Gasteiger partial charge in [0.15, 0.2) is 0 Å². The summed E-state index contributed by atoms with van der Waals surface area (Å²) in [7, 11) is 0. The lowest BCUT2D eigenvalue weighted by atomic mass is 10.1. The van der Waals surface area contributed by atoms with Crippen molar-refractivity contribution in [1.29, 1.82) is 0 Å². The third-order valence-corrected chi connectivity index (χ3v) is 2.74. The molecule has 1 aliphatic rings. The van der Waals surface area contributed by atoms with Gasteiger partial charge in [-0.15, -0.1) is 0 Å². The smallest absolute Gasteiger partial charge is 0.135 e. The van der Waals surface area contributed by atoms with E-state index in [1.165, 1.54) is 12.1 Å². The van der Waals surface area contributed by atoms with E-state index < -0.39 is 11.6 Å². The zero-order valence-corrected chi connectivity index (χ0v) is 8.88. The predicted molar refractivity (Wildman–Crippen MR) is 55.9 cm³/mol. The molecule has 2 rings (SSSR count). The molecule has 2 nitrogen and oxygen atoms in total. The molecule has 0 spiro atoms. The van der Waals surface area contributed by atoms with Crippen LogP contribution in [0.2, 0.25) is 0 Å². The predicted octanol–water partition coefficient (Wildman–Crippen LogP) is 2.13. The van der Waals surface area contributed by atoms with Crippen LogP contribution >= 0.6 is 0 Å². The summed E-state index contributed by atoms with van der Waals surface area (Å²) in [5.74, 6) is -0.840. The highest BCUT2D eigenvalue weighted by atomic mass is 19.1. The van der Waals surface area contributed by atoms with E-state index in [2.05, 4.69) is 0 Å².